The molecule has 1 aliphatic rings. The lowest BCUT2D eigenvalue weighted by Crippen LogP contribution is -2.37. The third-order valence-electron chi connectivity index (χ3n) is 5.61. The van der Waals surface area contributed by atoms with Crippen LogP contribution in [-0.4, -0.2) is 30.1 Å². The second kappa shape index (κ2) is 7.93. The highest BCUT2D eigenvalue weighted by atomic mass is 35.5. The molecule has 2 aromatic carbocycles. The Labute approximate surface area is 188 Å². The van der Waals surface area contributed by atoms with Crippen LogP contribution in [0.4, 0.5) is 5.13 Å². The normalized spacial score (nSPS) is 16.6. The van der Waals surface area contributed by atoms with E-state index in [0.717, 1.165) is 39.8 Å². The van der Waals surface area contributed by atoms with Gasteiger partial charge in [-0.25, -0.2) is 4.98 Å². The molecule has 5 rings (SSSR count). The molecular formula is C23H21ClN2O2S2. The number of aromatic nitrogens is 1. The lowest BCUT2D eigenvalue weighted by atomic mass is 10.1. The average molecular weight is 457 g/mol. The molecule has 3 heterocycles. The molecule has 2 aromatic heterocycles. The van der Waals surface area contributed by atoms with Gasteiger partial charge in [0.2, 0.25) is 0 Å². The second-order valence-corrected chi connectivity index (χ2v) is 10.1. The van der Waals surface area contributed by atoms with E-state index in [9.17, 15) is 4.79 Å². The number of thiazole rings is 1. The Morgan fingerprint density at radius 3 is 2.77 bits per heavy atom. The number of hydrogen-bond acceptors (Lipinski definition) is 5. The third kappa shape index (κ3) is 3.52. The zero-order valence-electron chi connectivity index (χ0n) is 16.8. The molecule has 1 unspecified atom stereocenters. The summed E-state index contributed by atoms with van der Waals surface area (Å²) in [5, 5.41) is 2.13. The van der Waals surface area contributed by atoms with Crippen molar-refractivity contribution in [1.29, 1.82) is 0 Å². The van der Waals surface area contributed by atoms with Crippen LogP contribution >= 0.6 is 34.3 Å². The maximum Gasteiger partial charge on any atom is 0.271 e. The summed E-state index contributed by atoms with van der Waals surface area (Å²) in [6.07, 6.45) is 2.00. The van der Waals surface area contributed by atoms with Crippen LogP contribution in [0.3, 0.4) is 0 Å². The number of hydrogen-bond donors (Lipinski definition) is 0. The van der Waals surface area contributed by atoms with Crippen molar-refractivity contribution in [3.63, 3.8) is 0 Å². The van der Waals surface area contributed by atoms with Crippen LogP contribution in [0.15, 0.2) is 36.4 Å². The van der Waals surface area contributed by atoms with Gasteiger partial charge in [-0.3, -0.25) is 9.69 Å². The fourth-order valence-corrected chi connectivity index (χ4v) is 6.31. The number of carbonyl (C=O) groups excluding carboxylic acids is 1. The highest BCUT2D eigenvalue weighted by Crippen LogP contribution is 2.38. The first kappa shape index (κ1) is 19.9. The van der Waals surface area contributed by atoms with Gasteiger partial charge in [-0.05, 0) is 56.0 Å². The zero-order chi connectivity index (χ0) is 20.8. The van der Waals surface area contributed by atoms with Gasteiger partial charge in [0, 0.05) is 16.7 Å². The van der Waals surface area contributed by atoms with Crippen molar-refractivity contribution in [3.05, 3.63) is 57.4 Å². The molecule has 1 saturated heterocycles. The summed E-state index contributed by atoms with van der Waals surface area (Å²) in [5.41, 5.74) is 3.34. The van der Waals surface area contributed by atoms with E-state index in [4.69, 9.17) is 21.3 Å². The molecule has 1 aliphatic heterocycles. The minimum absolute atomic E-state index is 0.0255. The molecule has 154 valence electrons. The molecule has 0 radical (unpaired) electrons. The first-order chi connectivity index (χ1) is 14.5. The minimum Gasteiger partial charge on any atom is -0.376 e. The lowest BCUT2D eigenvalue weighted by molar-refractivity contribution is 0.0921. The Morgan fingerprint density at radius 2 is 2.00 bits per heavy atom. The first-order valence-electron chi connectivity index (χ1n) is 9.99. The van der Waals surface area contributed by atoms with E-state index >= 15 is 0 Å². The van der Waals surface area contributed by atoms with Crippen LogP contribution in [0, 0.1) is 13.8 Å². The Morgan fingerprint density at radius 1 is 1.20 bits per heavy atom. The van der Waals surface area contributed by atoms with Gasteiger partial charge in [-0.15, -0.1) is 11.3 Å². The number of thiophene rings is 1. The van der Waals surface area contributed by atoms with Crippen molar-refractivity contribution in [3.8, 4) is 0 Å². The first-order valence-corrected chi connectivity index (χ1v) is 12.0. The minimum atomic E-state index is -0.107. The van der Waals surface area contributed by atoms with Gasteiger partial charge in [0.1, 0.15) is 4.88 Å². The van der Waals surface area contributed by atoms with Crippen molar-refractivity contribution in [2.45, 2.75) is 32.8 Å². The molecule has 1 amide bonds. The number of fused-ring (bicyclic) bond motifs is 2. The number of rotatable bonds is 4. The van der Waals surface area contributed by atoms with Crippen LogP contribution < -0.4 is 4.90 Å². The molecule has 4 aromatic rings. The molecule has 4 nitrogen and oxygen atoms in total. The summed E-state index contributed by atoms with van der Waals surface area (Å²) < 4.78 is 7.94. The molecule has 0 bridgehead atoms. The summed E-state index contributed by atoms with van der Waals surface area (Å²) >= 11 is 9.62. The lowest BCUT2D eigenvalue weighted by Gasteiger charge is -2.22. The van der Waals surface area contributed by atoms with Crippen molar-refractivity contribution in [1.82, 2.24) is 4.98 Å². The quantitative estimate of drug-likeness (QED) is 0.347. The summed E-state index contributed by atoms with van der Waals surface area (Å²) in [6, 6.07) is 12.1. The Hall–Kier alpha value is -1.99. The Bertz CT molecular complexity index is 1220. The van der Waals surface area contributed by atoms with Gasteiger partial charge in [0.05, 0.1) is 27.9 Å². The molecule has 30 heavy (non-hydrogen) atoms. The standard InChI is InChI=1S/C23H21ClN2O2S2/c1-13-10-17-19(11-14(13)2)30-23(25-17)26(12-15-6-5-9-28-15)22(27)21-20(24)16-7-3-4-8-18(16)29-21/h3-4,7-8,10-11,15H,5-6,9,12H2,1-2H3. The monoisotopic (exact) mass is 456 g/mol. The topological polar surface area (TPSA) is 42.4 Å². The van der Waals surface area contributed by atoms with E-state index in [1.54, 1.807) is 16.2 Å². The van der Waals surface area contributed by atoms with Gasteiger partial charge in [-0.1, -0.05) is 41.1 Å². The van der Waals surface area contributed by atoms with Crippen LogP contribution in [-0.2, 0) is 4.74 Å². The number of benzene rings is 2. The van der Waals surface area contributed by atoms with Crippen molar-refractivity contribution < 1.29 is 9.53 Å². The van der Waals surface area contributed by atoms with Gasteiger partial charge < -0.3 is 4.74 Å². The van der Waals surface area contributed by atoms with Crippen molar-refractivity contribution in [2.75, 3.05) is 18.1 Å². The summed E-state index contributed by atoms with van der Waals surface area (Å²) in [5.74, 6) is -0.107. The largest absolute Gasteiger partial charge is 0.376 e. The van der Waals surface area contributed by atoms with Crippen molar-refractivity contribution in [2.24, 2.45) is 0 Å². The summed E-state index contributed by atoms with van der Waals surface area (Å²) in [7, 11) is 0. The van der Waals surface area contributed by atoms with E-state index in [2.05, 4.69) is 26.0 Å². The Kier molecular flexibility index (Phi) is 5.27. The molecule has 1 atom stereocenters. The maximum absolute atomic E-state index is 13.7. The van der Waals surface area contributed by atoms with Crippen LogP contribution in [0.1, 0.15) is 33.6 Å². The van der Waals surface area contributed by atoms with Gasteiger partial charge in [0.25, 0.3) is 5.91 Å². The average Bonchev–Trinajstić information content (AvgIpc) is 3.46. The fourth-order valence-electron chi connectivity index (χ4n) is 3.80. The number of amides is 1. The smallest absolute Gasteiger partial charge is 0.271 e. The molecule has 0 N–H and O–H groups in total. The van der Waals surface area contributed by atoms with Crippen LogP contribution in [0.25, 0.3) is 20.3 Å². The molecule has 1 fully saturated rings. The predicted octanol–water partition coefficient (Wildman–Crippen LogP) is 6.61. The van der Waals surface area contributed by atoms with E-state index in [-0.39, 0.29) is 12.0 Å². The number of aryl methyl sites for hydroxylation is 2. The van der Waals surface area contributed by atoms with Gasteiger partial charge in [0.15, 0.2) is 5.13 Å². The zero-order valence-corrected chi connectivity index (χ0v) is 19.2. The molecule has 0 saturated carbocycles. The number of carbonyl (C=O) groups is 1. The van der Waals surface area contributed by atoms with Crippen molar-refractivity contribution >= 4 is 65.6 Å². The molecule has 0 aliphatic carbocycles. The molecule has 7 heteroatoms. The van der Waals surface area contributed by atoms with Crippen LogP contribution in [0.2, 0.25) is 5.02 Å². The fraction of sp³-hybridized carbons (Fsp3) is 0.304. The van der Waals surface area contributed by atoms with Crippen LogP contribution in [0.5, 0.6) is 0 Å². The van der Waals surface area contributed by atoms with E-state index < -0.39 is 0 Å². The summed E-state index contributed by atoms with van der Waals surface area (Å²) in [6.45, 7) is 5.41. The SMILES string of the molecule is Cc1cc2nc(N(CC3CCCO3)C(=O)c3sc4ccccc4c3Cl)sc2cc1C. The third-order valence-corrected chi connectivity index (χ3v) is 8.31. The van der Waals surface area contributed by atoms with Gasteiger partial charge >= 0.3 is 0 Å². The number of anilines is 1. The number of ether oxygens (including phenoxy) is 1. The Balaban J connectivity index is 1.59. The predicted molar refractivity (Wildman–Crippen MR) is 127 cm³/mol. The molecular weight excluding hydrogens is 436 g/mol. The van der Waals surface area contributed by atoms with E-state index in [1.807, 2.05) is 24.3 Å². The highest BCUT2D eigenvalue weighted by Gasteiger charge is 2.30. The van der Waals surface area contributed by atoms with Gasteiger partial charge in [-0.2, -0.15) is 0 Å². The van der Waals surface area contributed by atoms with E-state index in [0.29, 0.717) is 21.6 Å². The maximum atomic E-state index is 13.7. The molecule has 0 spiro atoms. The summed E-state index contributed by atoms with van der Waals surface area (Å²) in [4.78, 5) is 20.8. The van der Waals surface area contributed by atoms with E-state index in [1.165, 1.54) is 22.5 Å². The number of nitrogens with zero attached hydrogens (tertiary/aromatic N) is 2. The number of halogens is 1. The second-order valence-electron chi connectivity index (χ2n) is 7.69. The highest BCUT2D eigenvalue weighted by molar-refractivity contribution is 7.23.